The standard InChI is InChI=1S/C11H18N2O2/c1-4-8(2)10(14)7-13-11(15)6-5-9(3)12-13/h5-6,8,10,14H,4,7H2,1-3H3. The van der Waals surface area contributed by atoms with Crippen molar-refractivity contribution in [1.82, 2.24) is 9.78 Å². The second-order valence-corrected chi connectivity index (χ2v) is 3.95. The molecule has 4 heteroatoms. The van der Waals surface area contributed by atoms with Gasteiger partial charge >= 0.3 is 0 Å². The molecule has 0 saturated carbocycles. The van der Waals surface area contributed by atoms with Crippen LogP contribution in [0, 0.1) is 12.8 Å². The lowest BCUT2D eigenvalue weighted by molar-refractivity contribution is 0.0911. The van der Waals surface area contributed by atoms with E-state index in [4.69, 9.17) is 0 Å². The summed E-state index contributed by atoms with van der Waals surface area (Å²) in [6.45, 7) is 6.08. The molecular formula is C11H18N2O2. The predicted octanol–water partition coefficient (Wildman–Crippen LogP) is 0.959. The molecule has 2 unspecified atom stereocenters. The van der Waals surface area contributed by atoms with E-state index in [1.807, 2.05) is 20.8 Å². The van der Waals surface area contributed by atoms with Gasteiger partial charge in [-0.25, -0.2) is 4.68 Å². The Balaban J connectivity index is 2.80. The van der Waals surface area contributed by atoms with Crippen LogP contribution in [0.3, 0.4) is 0 Å². The molecule has 15 heavy (non-hydrogen) atoms. The van der Waals surface area contributed by atoms with E-state index < -0.39 is 6.10 Å². The maximum Gasteiger partial charge on any atom is 0.266 e. The van der Waals surface area contributed by atoms with Crippen molar-refractivity contribution in [3.63, 3.8) is 0 Å². The molecule has 0 aliphatic carbocycles. The molecule has 0 radical (unpaired) electrons. The minimum absolute atomic E-state index is 0.164. The number of nitrogens with zero attached hydrogens (tertiary/aromatic N) is 2. The van der Waals surface area contributed by atoms with Gasteiger partial charge in [0.1, 0.15) is 0 Å². The summed E-state index contributed by atoms with van der Waals surface area (Å²) in [5.74, 6) is 0.180. The fourth-order valence-corrected chi connectivity index (χ4v) is 1.31. The van der Waals surface area contributed by atoms with Crippen LogP contribution in [0.15, 0.2) is 16.9 Å². The van der Waals surface area contributed by atoms with Gasteiger partial charge in [0.25, 0.3) is 5.56 Å². The predicted molar refractivity (Wildman–Crippen MR) is 58.7 cm³/mol. The molecule has 2 atom stereocenters. The molecule has 0 spiro atoms. The summed E-state index contributed by atoms with van der Waals surface area (Å²) in [5.41, 5.74) is 0.619. The van der Waals surface area contributed by atoms with Crippen LogP contribution in [-0.2, 0) is 6.54 Å². The van der Waals surface area contributed by atoms with E-state index in [0.717, 1.165) is 12.1 Å². The Morgan fingerprint density at radius 3 is 2.80 bits per heavy atom. The smallest absolute Gasteiger partial charge is 0.266 e. The van der Waals surface area contributed by atoms with E-state index in [1.165, 1.54) is 10.7 Å². The summed E-state index contributed by atoms with van der Waals surface area (Å²) in [5, 5.41) is 13.9. The van der Waals surface area contributed by atoms with Gasteiger partial charge in [-0.1, -0.05) is 20.3 Å². The Morgan fingerprint density at radius 2 is 2.20 bits per heavy atom. The lowest BCUT2D eigenvalue weighted by atomic mass is 10.0. The first-order valence-electron chi connectivity index (χ1n) is 5.27. The van der Waals surface area contributed by atoms with Gasteiger partial charge in [-0.3, -0.25) is 4.79 Å². The van der Waals surface area contributed by atoms with Gasteiger partial charge in [0.15, 0.2) is 0 Å². The van der Waals surface area contributed by atoms with Gasteiger partial charge in [0, 0.05) is 6.07 Å². The SMILES string of the molecule is CCC(C)C(O)Cn1nc(C)ccc1=O. The highest BCUT2D eigenvalue weighted by Crippen LogP contribution is 2.08. The maximum atomic E-state index is 11.4. The number of hydrogen-bond acceptors (Lipinski definition) is 3. The van der Waals surface area contributed by atoms with Crippen molar-refractivity contribution in [3.05, 3.63) is 28.2 Å². The first-order valence-corrected chi connectivity index (χ1v) is 5.27. The third-order valence-corrected chi connectivity index (χ3v) is 2.66. The van der Waals surface area contributed by atoms with Crippen molar-refractivity contribution in [2.75, 3.05) is 0 Å². The van der Waals surface area contributed by atoms with E-state index in [0.29, 0.717) is 0 Å². The Labute approximate surface area is 89.6 Å². The highest BCUT2D eigenvalue weighted by atomic mass is 16.3. The minimum Gasteiger partial charge on any atom is -0.391 e. The van der Waals surface area contributed by atoms with Crippen LogP contribution in [0.2, 0.25) is 0 Å². The zero-order valence-electron chi connectivity index (χ0n) is 9.47. The molecule has 0 fully saturated rings. The Kier molecular flexibility index (Phi) is 4.03. The first kappa shape index (κ1) is 11.9. The van der Waals surface area contributed by atoms with Gasteiger partial charge in [-0.05, 0) is 18.9 Å². The zero-order valence-corrected chi connectivity index (χ0v) is 9.47. The largest absolute Gasteiger partial charge is 0.391 e. The first-order chi connectivity index (χ1) is 7.04. The number of rotatable bonds is 4. The number of hydrogen-bond donors (Lipinski definition) is 1. The number of aromatic nitrogens is 2. The average molecular weight is 210 g/mol. The fourth-order valence-electron chi connectivity index (χ4n) is 1.31. The molecule has 1 heterocycles. The van der Waals surface area contributed by atoms with Crippen molar-refractivity contribution < 1.29 is 5.11 Å². The van der Waals surface area contributed by atoms with E-state index in [2.05, 4.69) is 5.10 Å². The van der Waals surface area contributed by atoms with Crippen molar-refractivity contribution in [2.24, 2.45) is 5.92 Å². The van der Waals surface area contributed by atoms with Gasteiger partial charge < -0.3 is 5.11 Å². The number of aliphatic hydroxyl groups is 1. The molecule has 84 valence electrons. The van der Waals surface area contributed by atoms with Crippen molar-refractivity contribution in [2.45, 2.75) is 39.8 Å². The molecule has 0 aliphatic heterocycles. The van der Waals surface area contributed by atoms with Crippen LogP contribution in [0.4, 0.5) is 0 Å². The van der Waals surface area contributed by atoms with Gasteiger partial charge in [0.2, 0.25) is 0 Å². The monoisotopic (exact) mass is 210 g/mol. The highest BCUT2D eigenvalue weighted by molar-refractivity contribution is 4.97. The van der Waals surface area contributed by atoms with Crippen LogP contribution < -0.4 is 5.56 Å². The second-order valence-electron chi connectivity index (χ2n) is 3.95. The topological polar surface area (TPSA) is 55.1 Å². The summed E-state index contributed by atoms with van der Waals surface area (Å²) >= 11 is 0. The minimum atomic E-state index is -0.512. The van der Waals surface area contributed by atoms with E-state index in [9.17, 15) is 9.90 Å². The Morgan fingerprint density at radius 1 is 1.53 bits per heavy atom. The van der Waals surface area contributed by atoms with Crippen molar-refractivity contribution in [3.8, 4) is 0 Å². The fraction of sp³-hybridized carbons (Fsp3) is 0.636. The summed E-state index contributed by atoms with van der Waals surface area (Å²) in [6.07, 6.45) is 0.379. The van der Waals surface area contributed by atoms with Crippen molar-refractivity contribution >= 4 is 0 Å². The van der Waals surface area contributed by atoms with Crippen LogP contribution in [0.25, 0.3) is 0 Å². The molecule has 1 N–H and O–H groups in total. The molecule has 0 aliphatic rings. The molecule has 0 saturated heterocycles. The molecule has 0 bridgehead atoms. The van der Waals surface area contributed by atoms with E-state index in [-0.39, 0.29) is 18.0 Å². The summed E-state index contributed by atoms with van der Waals surface area (Å²) in [6, 6.07) is 3.15. The normalized spacial score (nSPS) is 14.9. The molecular weight excluding hydrogens is 192 g/mol. The average Bonchev–Trinajstić information content (AvgIpc) is 2.22. The third-order valence-electron chi connectivity index (χ3n) is 2.66. The lowest BCUT2D eigenvalue weighted by Crippen LogP contribution is -2.31. The number of aliphatic hydroxyl groups excluding tert-OH is 1. The molecule has 1 rings (SSSR count). The zero-order chi connectivity index (χ0) is 11.4. The van der Waals surface area contributed by atoms with E-state index in [1.54, 1.807) is 6.07 Å². The lowest BCUT2D eigenvalue weighted by Gasteiger charge is -2.17. The van der Waals surface area contributed by atoms with Crippen LogP contribution in [-0.4, -0.2) is 21.0 Å². The highest BCUT2D eigenvalue weighted by Gasteiger charge is 2.13. The quantitative estimate of drug-likeness (QED) is 0.805. The summed E-state index contributed by atoms with van der Waals surface area (Å²) in [7, 11) is 0. The maximum absolute atomic E-state index is 11.4. The van der Waals surface area contributed by atoms with E-state index >= 15 is 0 Å². The van der Waals surface area contributed by atoms with Crippen LogP contribution >= 0.6 is 0 Å². The molecule has 4 nitrogen and oxygen atoms in total. The summed E-state index contributed by atoms with van der Waals surface area (Å²) < 4.78 is 1.33. The van der Waals surface area contributed by atoms with Gasteiger partial charge in [0.05, 0.1) is 18.3 Å². The number of aryl methyl sites for hydroxylation is 1. The second kappa shape index (κ2) is 5.07. The molecule has 0 amide bonds. The van der Waals surface area contributed by atoms with Gasteiger partial charge in [-0.15, -0.1) is 0 Å². The Hall–Kier alpha value is -1.16. The molecule has 0 aromatic carbocycles. The summed E-state index contributed by atoms with van der Waals surface area (Å²) in [4.78, 5) is 11.4. The third kappa shape index (κ3) is 3.16. The van der Waals surface area contributed by atoms with Gasteiger partial charge in [-0.2, -0.15) is 5.10 Å². The van der Waals surface area contributed by atoms with Crippen LogP contribution in [0.5, 0.6) is 0 Å². The molecule has 1 aromatic rings. The van der Waals surface area contributed by atoms with Crippen LogP contribution in [0.1, 0.15) is 26.0 Å². The van der Waals surface area contributed by atoms with Crippen molar-refractivity contribution in [1.29, 1.82) is 0 Å². The molecule has 1 aromatic heterocycles. The Bertz CT molecular complexity index is 373.